The molecule has 0 aromatic heterocycles. The maximum Gasteiger partial charge on any atom is 0.339 e. The Bertz CT molecular complexity index is 639. The van der Waals surface area contributed by atoms with Crippen molar-refractivity contribution >= 4 is 17.6 Å². The van der Waals surface area contributed by atoms with Crippen LogP contribution in [0.15, 0.2) is 23.8 Å². The Labute approximate surface area is 127 Å². The zero-order chi connectivity index (χ0) is 16.3. The topological polar surface area (TPSA) is 86.6 Å². The largest absolute Gasteiger partial charge is 0.507 e. The van der Waals surface area contributed by atoms with Crippen molar-refractivity contribution in [3.8, 4) is 5.75 Å². The van der Waals surface area contributed by atoms with Gasteiger partial charge in [-0.2, -0.15) is 0 Å². The van der Waals surface area contributed by atoms with Crippen molar-refractivity contribution in [1.82, 2.24) is 0 Å². The number of aryl methyl sites for hydroxylation is 1. The minimum absolute atomic E-state index is 0.0751. The van der Waals surface area contributed by atoms with Gasteiger partial charge in [0.1, 0.15) is 17.5 Å². The fraction of sp³-hybridized carbons (Fsp3) is 0.375. The van der Waals surface area contributed by atoms with E-state index in [1.165, 1.54) is 12.1 Å². The number of carbonyl (C=O) groups excluding carboxylic acids is 1. The average Bonchev–Trinajstić information content (AvgIpc) is 2.45. The summed E-state index contributed by atoms with van der Waals surface area (Å²) in [5.74, 6) is -2.04. The Morgan fingerprint density at radius 1 is 1.41 bits per heavy atom. The number of hydrogen-bond acceptors (Lipinski definition) is 3. The zero-order valence-corrected chi connectivity index (χ0v) is 12.2. The van der Waals surface area contributed by atoms with E-state index >= 15 is 0 Å². The maximum atomic E-state index is 13.3. The lowest BCUT2D eigenvalue weighted by Gasteiger charge is -2.17. The van der Waals surface area contributed by atoms with E-state index in [2.05, 4.69) is 5.32 Å². The van der Waals surface area contributed by atoms with Crippen LogP contribution in [0.1, 0.15) is 42.1 Å². The molecule has 3 N–H and O–H groups in total. The minimum Gasteiger partial charge on any atom is -0.507 e. The fourth-order valence-electron chi connectivity index (χ4n) is 2.54. The lowest BCUT2D eigenvalue weighted by atomic mass is 9.97. The number of halogens is 1. The highest BCUT2D eigenvalue weighted by Crippen LogP contribution is 2.28. The molecule has 0 bridgehead atoms. The summed E-state index contributed by atoms with van der Waals surface area (Å²) in [7, 11) is 0. The van der Waals surface area contributed by atoms with E-state index in [0.29, 0.717) is 36.1 Å². The van der Waals surface area contributed by atoms with Crippen LogP contribution in [0.2, 0.25) is 0 Å². The Hall–Kier alpha value is -2.37. The first-order valence-electron chi connectivity index (χ1n) is 7.16. The third-order valence-electron chi connectivity index (χ3n) is 3.66. The predicted molar refractivity (Wildman–Crippen MR) is 79.9 cm³/mol. The van der Waals surface area contributed by atoms with Crippen LogP contribution in [0.25, 0.3) is 0 Å². The Balaban J connectivity index is 2.23. The highest BCUT2D eigenvalue weighted by molar-refractivity contribution is 6.04. The zero-order valence-electron chi connectivity index (χ0n) is 12.2. The molecule has 118 valence electrons. The van der Waals surface area contributed by atoms with Gasteiger partial charge in [-0.05, 0) is 30.9 Å². The van der Waals surface area contributed by atoms with Crippen molar-refractivity contribution in [2.45, 2.75) is 38.8 Å². The van der Waals surface area contributed by atoms with Crippen molar-refractivity contribution in [2.24, 2.45) is 0 Å². The van der Waals surface area contributed by atoms with Crippen molar-refractivity contribution in [3.63, 3.8) is 0 Å². The Kier molecular flexibility index (Phi) is 4.80. The number of anilines is 1. The van der Waals surface area contributed by atoms with Gasteiger partial charge in [-0.15, -0.1) is 0 Å². The van der Waals surface area contributed by atoms with Gasteiger partial charge in [-0.25, -0.2) is 9.18 Å². The standard InChI is InChI=1S/C16H18FNO4/c1-2-9-7-12(8-13(19)14(9)16(21)22)18-15(20)10-4-3-5-11(17)6-10/h4,7-8,11,19H,2-3,5-6H2,1H3,(H,18,20)(H,21,22). The van der Waals surface area contributed by atoms with Crippen LogP contribution in [0.3, 0.4) is 0 Å². The van der Waals surface area contributed by atoms with Crippen LogP contribution in [-0.4, -0.2) is 28.3 Å². The first kappa shape index (κ1) is 16.0. The van der Waals surface area contributed by atoms with Crippen LogP contribution in [0.4, 0.5) is 10.1 Å². The van der Waals surface area contributed by atoms with Gasteiger partial charge in [0, 0.05) is 23.7 Å². The molecule has 1 unspecified atom stereocenters. The molecule has 1 aliphatic carbocycles. The summed E-state index contributed by atoms with van der Waals surface area (Å²) in [6, 6.07) is 2.70. The molecule has 6 heteroatoms. The number of carboxylic acids is 1. The minimum atomic E-state index is -1.22. The molecule has 0 saturated heterocycles. The Morgan fingerprint density at radius 3 is 2.73 bits per heavy atom. The van der Waals surface area contributed by atoms with Crippen LogP contribution >= 0.6 is 0 Å². The molecule has 5 nitrogen and oxygen atoms in total. The van der Waals surface area contributed by atoms with Crippen LogP contribution in [0, 0.1) is 0 Å². The Morgan fingerprint density at radius 2 is 2.14 bits per heavy atom. The van der Waals surface area contributed by atoms with Crippen molar-refractivity contribution in [2.75, 3.05) is 5.32 Å². The number of benzene rings is 1. The van der Waals surface area contributed by atoms with Gasteiger partial charge >= 0.3 is 5.97 Å². The molecule has 0 radical (unpaired) electrons. The molecule has 0 spiro atoms. The molecular weight excluding hydrogens is 289 g/mol. The van der Waals surface area contributed by atoms with Crippen LogP contribution in [0.5, 0.6) is 5.75 Å². The van der Waals surface area contributed by atoms with E-state index in [0.717, 1.165) is 0 Å². The van der Waals surface area contributed by atoms with Gasteiger partial charge in [0.25, 0.3) is 5.91 Å². The first-order chi connectivity index (χ1) is 10.4. The van der Waals surface area contributed by atoms with Gasteiger partial charge in [-0.3, -0.25) is 4.79 Å². The second-order valence-electron chi connectivity index (χ2n) is 5.25. The average molecular weight is 307 g/mol. The van der Waals surface area contributed by atoms with E-state index < -0.39 is 23.8 Å². The number of phenols is 1. The van der Waals surface area contributed by atoms with Gasteiger partial charge in [0.2, 0.25) is 0 Å². The molecule has 1 aliphatic rings. The number of aromatic hydroxyl groups is 1. The molecule has 1 aromatic rings. The molecule has 1 amide bonds. The highest BCUT2D eigenvalue weighted by Gasteiger charge is 2.21. The molecule has 1 atom stereocenters. The summed E-state index contributed by atoms with van der Waals surface area (Å²) in [5.41, 5.74) is 0.926. The van der Waals surface area contributed by atoms with E-state index in [4.69, 9.17) is 5.11 Å². The SMILES string of the molecule is CCc1cc(NC(=O)C2=CCCC(F)C2)cc(O)c1C(=O)O. The quantitative estimate of drug-likeness (QED) is 0.798. The predicted octanol–water partition coefficient (Wildman–Crippen LogP) is 3.04. The number of nitrogens with one attached hydrogen (secondary N) is 1. The first-order valence-corrected chi connectivity index (χ1v) is 7.16. The van der Waals surface area contributed by atoms with Crippen molar-refractivity contribution < 1.29 is 24.2 Å². The second-order valence-corrected chi connectivity index (χ2v) is 5.25. The normalized spacial score (nSPS) is 17.7. The molecule has 22 heavy (non-hydrogen) atoms. The number of rotatable bonds is 4. The smallest absolute Gasteiger partial charge is 0.339 e. The lowest BCUT2D eigenvalue weighted by molar-refractivity contribution is -0.113. The maximum absolute atomic E-state index is 13.3. The third-order valence-corrected chi connectivity index (χ3v) is 3.66. The molecule has 2 rings (SSSR count). The number of allylic oxidation sites excluding steroid dienone is 1. The highest BCUT2D eigenvalue weighted by atomic mass is 19.1. The third kappa shape index (κ3) is 3.44. The number of amides is 1. The number of hydrogen-bond donors (Lipinski definition) is 3. The number of aromatic carboxylic acids is 1. The molecule has 0 heterocycles. The van der Waals surface area contributed by atoms with Crippen LogP contribution in [-0.2, 0) is 11.2 Å². The van der Waals surface area contributed by atoms with E-state index in [9.17, 15) is 19.1 Å². The number of alkyl halides is 1. The number of carbonyl (C=O) groups is 2. The van der Waals surface area contributed by atoms with Gasteiger partial charge in [0.05, 0.1) is 0 Å². The number of carboxylic acid groups (broad SMARTS) is 1. The monoisotopic (exact) mass is 307 g/mol. The summed E-state index contributed by atoms with van der Waals surface area (Å²) in [5, 5.41) is 21.5. The summed E-state index contributed by atoms with van der Waals surface area (Å²) in [6.45, 7) is 1.75. The summed E-state index contributed by atoms with van der Waals surface area (Å²) < 4.78 is 13.3. The van der Waals surface area contributed by atoms with E-state index in [1.54, 1.807) is 13.0 Å². The van der Waals surface area contributed by atoms with Gasteiger partial charge < -0.3 is 15.5 Å². The molecule has 1 aromatic carbocycles. The fourth-order valence-corrected chi connectivity index (χ4v) is 2.54. The van der Waals surface area contributed by atoms with Crippen molar-refractivity contribution in [3.05, 3.63) is 34.9 Å². The second kappa shape index (κ2) is 6.60. The molecule has 0 fully saturated rings. The van der Waals surface area contributed by atoms with Crippen LogP contribution < -0.4 is 5.32 Å². The molecule has 0 aliphatic heterocycles. The summed E-state index contributed by atoms with van der Waals surface area (Å²) in [6.07, 6.45) is 2.11. The summed E-state index contributed by atoms with van der Waals surface area (Å²) in [4.78, 5) is 23.2. The van der Waals surface area contributed by atoms with E-state index in [-0.39, 0.29) is 12.0 Å². The van der Waals surface area contributed by atoms with E-state index in [1.807, 2.05) is 0 Å². The molecule has 0 saturated carbocycles. The van der Waals surface area contributed by atoms with Gasteiger partial charge in [-0.1, -0.05) is 13.0 Å². The molecular formula is C16H18FNO4. The summed E-state index contributed by atoms with van der Waals surface area (Å²) >= 11 is 0. The van der Waals surface area contributed by atoms with Crippen molar-refractivity contribution in [1.29, 1.82) is 0 Å². The van der Waals surface area contributed by atoms with Gasteiger partial charge in [0.15, 0.2) is 0 Å². The lowest BCUT2D eigenvalue weighted by Crippen LogP contribution is -2.20.